The van der Waals surface area contributed by atoms with Gasteiger partial charge in [0, 0.05) is 19.3 Å². The van der Waals surface area contributed by atoms with Crippen molar-refractivity contribution in [1.29, 1.82) is 0 Å². The molecule has 0 bridgehead atoms. The van der Waals surface area contributed by atoms with Crippen molar-refractivity contribution in [2.75, 3.05) is 13.2 Å². The number of hydrogen-bond acceptors (Lipinski definition) is 6. The maximum atomic E-state index is 12.8. The number of esters is 3. The predicted molar refractivity (Wildman–Crippen MR) is 270 cm³/mol. The van der Waals surface area contributed by atoms with Crippen molar-refractivity contribution < 1.29 is 28.6 Å². The molecule has 0 aliphatic carbocycles. The third-order valence-corrected chi connectivity index (χ3v) is 13.0. The molecule has 374 valence electrons. The fourth-order valence-electron chi connectivity index (χ4n) is 8.75. The Bertz CT molecular complexity index is 949. The molecule has 1 atom stereocenters. The van der Waals surface area contributed by atoms with Crippen molar-refractivity contribution in [1.82, 2.24) is 0 Å². The van der Waals surface area contributed by atoms with Gasteiger partial charge >= 0.3 is 17.9 Å². The Hall–Kier alpha value is -1.59. The van der Waals surface area contributed by atoms with Crippen LogP contribution in [0.25, 0.3) is 0 Å². The van der Waals surface area contributed by atoms with Crippen molar-refractivity contribution in [3.05, 3.63) is 0 Å². The van der Waals surface area contributed by atoms with E-state index in [0.717, 1.165) is 63.7 Å². The molecular formula is C57H110O6. The Morgan fingerprint density at radius 3 is 0.778 bits per heavy atom. The SMILES string of the molecule is CCCCCCCCCCCCCCCCCCCCC(=O)O[C@H](COC(=O)CCCCCCCCCCCCCCCCCCC)COC(=O)CCCCCCCCCC(C)C. The molecule has 0 aromatic carbocycles. The summed E-state index contributed by atoms with van der Waals surface area (Å²) in [4.78, 5) is 38.0. The van der Waals surface area contributed by atoms with Gasteiger partial charge in [-0.25, -0.2) is 0 Å². The average Bonchev–Trinajstić information content (AvgIpc) is 3.27. The van der Waals surface area contributed by atoms with E-state index < -0.39 is 6.10 Å². The summed E-state index contributed by atoms with van der Waals surface area (Å²) < 4.78 is 16.9. The Kier molecular flexibility index (Phi) is 50.1. The van der Waals surface area contributed by atoms with Crippen LogP contribution < -0.4 is 0 Å². The molecule has 63 heavy (non-hydrogen) atoms. The summed E-state index contributed by atoms with van der Waals surface area (Å²) >= 11 is 0. The first-order valence-corrected chi connectivity index (χ1v) is 28.4. The second kappa shape index (κ2) is 51.4. The summed E-state index contributed by atoms with van der Waals surface area (Å²) in [6.07, 6.45) is 55.3. The molecule has 0 aromatic rings. The molecule has 0 rings (SSSR count). The summed E-state index contributed by atoms with van der Waals surface area (Å²) in [5.41, 5.74) is 0. The van der Waals surface area contributed by atoms with Crippen molar-refractivity contribution >= 4 is 17.9 Å². The molecule has 0 aliphatic rings. The van der Waals surface area contributed by atoms with Gasteiger partial charge in [-0.1, -0.05) is 285 Å². The molecule has 0 radical (unpaired) electrons. The standard InChI is InChI=1S/C57H110O6/c1-5-7-9-11-13-15-17-19-21-23-25-27-29-31-33-37-42-46-50-57(60)63-54(52-62-56(59)49-45-41-38-34-35-39-43-47-53(3)4)51-61-55(58)48-44-40-36-32-30-28-26-24-22-20-18-16-14-12-10-8-6-2/h53-54H,5-52H2,1-4H3/t54-/m1/s1. The van der Waals surface area contributed by atoms with Gasteiger partial charge < -0.3 is 14.2 Å². The normalized spacial score (nSPS) is 12.0. The van der Waals surface area contributed by atoms with Gasteiger partial charge in [-0.15, -0.1) is 0 Å². The van der Waals surface area contributed by atoms with E-state index in [1.165, 1.54) is 218 Å². The molecule has 0 unspecified atom stereocenters. The van der Waals surface area contributed by atoms with E-state index >= 15 is 0 Å². The molecule has 0 heterocycles. The van der Waals surface area contributed by atoms with Gasteiger partial charge in [-0.05, 0) is 25.2 Å². The Balaban J connectivity index is 4.24. The minimum atomic E-state index is -0.762. The van der Waals surface area contributed by atoms with Crippen molar-refractivity contribution in [3.63, 3.8) is 0 Å². The van der Waals surface area contributed by atoms with Crippen LogP contribution in [0.5, 0.6) is 0 Å². The highest BCUT2D eigenvalue weighted by molar-refractivity contribution is 5.71. The predicted octanol–water partition coefficient (Wildman–Crippen LogP) is 18.6. The maximum absolute atomic E-state index is 12.8. The van der Waals surface area contributed by atoms with Crippen LogP contribution in [-0.2, 0) is 28.6 Å². The highest BCUT2D eigenvalue weighted by Crippen LogP contribution is 2.18. The quantitative estimate of drug-likeness (QED) is 0.0344. The lowest BCUT2D eigenvalue weighted by atomic mass is 10.0. The van der Waals surface area contributed by atoms with E-state index in [0.29, 0.717) is 19.3 Å². The van der Waals surface area contributed by atoms with Crippen LogP contribution in [0.4, 0.5) is 0 Å². The number of hydrogen-bond donors (Lipinski definition) is 0. The fourth-order valence-corrected chi connectivity index (χ4v) is 8.75. The Morgan fingerprint density at radius 1 is 0.302 bits per heavy atom. The van der Waals surface area contributed by atoms with Gasteiger partial charge in [0.05, 0.1) is 0 Å². The summed E-state index contributed by atoms with van der Waals surface area (Å²) in [6.45, 7) is 9.00. The van der Waals surface area contributed by atoms with E-state index in [1.54, 1.807) is 0 Å². The third kappa shape index (κ3) is 51.3. The number of rotatable bonds is 52. The molecule has 0 aliphatic heterocycles. The van der Waals surface area contributed by atoms with Crippen LogP contribution in [0, 0.1) is 5.92 Å². The number of ether oxygens (including phenoxy) is 3. The fraction of sp³-hybridized carbons (Fsp3) is 0.947. The van der Waals surface area contributed by atoms with E-state index in [2.05, 4.69) is 27.7 Å². The topological polar surface area (TPSA) is 78.9 Å². The molecule has 0 amide bonds. The van der Waals surface area contributed by atoms with Gasteiger partial charge in [0.1, 0.15) is 13.2 Å². The molecule has 0 saturated heterocycles. The Morgan fingerprint density at radius 2 is 0.524 bits per heavy atom. The van der Waals surface area contributed by atoms with Crippen molar-refractivity contribution in [2.24, 2.45) is 5.92 Å². The first-order chi connectivity index (χ1) is 30.9. The van der Waals surface area contributed by atoms with Crippen LogP contribution in [0.2, 0.25) is 0 Å². The highest BCUT2D eigenvalue weighted by atomic mass is 16.6. The number of carbonyl (C=O) groups excluding carboxylic acids is 3. The van der Waals surface area contributed by atoms with E-state index in [9.17, 15) is 14.4 Å². The van der Waals surface area contributed by atoms with Crippen LogP contribution in [-0.4, -0.2) is 37.2 Å². The van der Waals surface area contributed by atoms with Crippen molar-refractivity contribution in [2.45, 2.75) is 329 Å². The summed E-state index contributed by atoms with van der Waals surface area (Å²) in [5, 5.41) is 0. The molecule has 0 spiro atoms. The highest BCUT2D eigenvalue weighted by Gasteiger charge is 2.19. The van der Waals surface area contributed by atoms with E-state index in [4.69, 9.17) is 14.2 Å². The molecule has 0 fully saturated rings. The minimum Gasteiger partial charge on any atom is -0.462 e. The van der Waals surface area contributed by atoms with E-state index in [1.807, 2.05) is 0 Å². The smallest absolute Gasteiger partial charge is 0.306 e. The first kappa shape index (κ1) is 61.4. The maximum Gasteiger partial charge on any atom is 0.306 e. The zero-order valence-electron chi connectivity index (χ0n) is 43.0. The Labute approximate surface area is 393 Å². The average molecular weight is 892 g/mol. The lowest BCUT2D eigenvalue weighted by Gasteiger charge is -2.18. The summed E-state index contributed by atoms with van der Waals surface area (Å²) in [7, 11) is 0. The third-order valence-electron chi connectivity index (χ3n) is 13.0. The van der Waals surface area contributed by atoms with Gasteiger partial charge in [-0.3, -0.25) is 14.4 Å². The lowest BCUT2D eigenvalue weighted by Crippen LogP contribution is -2.30. The van der Waals surface area contributed by atoms with Crippen molar-refractivity contribution in [3.8, 4) is 0 Å². The minimum absolute atomic E-state index is 0.0628. The van der Waals surface area contributed by atoms with Crippen LogP contribution in [0.15, 0.2) is 0 Å². The largest absolute Gasteiger partial charge is 0.462 e. The molecule has 0 N–H and O–H groups in total. The monoisotopic (exact) mass is 891 g/mol. The molecule has 6 nitrogen and oxygen atoms in total. The first-order valence-electron chi connectivity index (χ1n) is 28.4. The van der Waals surface area contributed by atoms with Crippen LogP contribution in [0.3, 0.4) is 0 Å². The van der Waals surface area contributed by atoms with Gasteiger partial charge in [0.15, 0.2) is 6.10 Å². The molecular weight excluding hydrogens is 781 g/mol. The second-order valence-electron chi connectivity index (χ2n) is 20.1. The second-order valence-corrected chi connectivity index (χ2v) is 20.1. The number of carbonyl (C=O) groups is 3. The van der Waals surface area contributed by atoms with Gasteiger partial charge in [0.2, 0.25) is 0 Å². The van der Waals surface area contributed by atoms with Gasteiger partial charge in [0.25, 0.3) is 0 Å². The van der Waals surface area contributed by atoms with Crippen LogP contribution in [0.1, 0.15) is 323 Å². The molecule has 0 saturated carbocycles. The zero-order valence-corrected chi connectivity index (χ0v) is 43.0. The molecule has 0 aromatic heterocycles. The van der Waals surface area contributed by atoms with E-state index in [-0.39, 0.29) is 31.1 Å². The summed E-state index contributed by atoms with van der Waals surface area (Å²) in [6, 6.07) is 0. The van der Waals surface area contributed by atoms with Gasteiger partial charge in [-0.2, -0.15) is 0 Å². The lowest BCUT2D eigenvalue weighted by molar-refractivity contribution is -0.167. The van der Waals surface area contributed by atoms with Crippen LogP contribution >= 0.6 is 0 Å². The summed E-state index contributed by atoms with van der Waals surface area (Å²) in [5.74, 6) is -0.0597. The molecule has 6 heteroatoms. The number of unbranched alkanes of at least 4 members (excludes halogenated alkanes) is 39. The zero-order chi connectivity index (χ0) is 45.9.